The molecule has 1 N–H and O–H groups in total. The van der Waals surface area contributed by atoms with Gasteiger partial charge in [-0.15, -0.1) is 0 Å². The molecule has 0 atom stereocenters. The van der Waals surface area contributed by atoms with E-state index in [1.807, 2.05) is 0 Å². The van der Waals surface area contributed by atoms with Crippen molar-refractivity contribution in [2.75, 3.05) is 13.7 Å². The Morgan fingerprint density at radius 1 is 1.42 bits per heavy atom. The number of nitrogens with zero attached hydrogens (tertiary/aromatic N) is 2. The summed E-state index contributed by atoms with van der Waals surface area (Å²) in [5, 5.41) is 27.5. The van der Waals surface area contributed by atoms with Gasteiger partial charge in [0.2, 0.25) is 0 Å². The fraction of sp³-hybridized carbons (Fsp3) is 0.143. The highest BCUT2D eigenvalue weighted by molar-refractivity contribution is 5.73. The highest BCUT2D eigenvalue weighted by Crippen LogP contribution is 2.34. The van der Waals surface area contributed by atoms with E-state index in [2.05, 4.69) is 0 Å². The molecule has 0 saturated carbocycles. The minimum absolute atomic E-state index is 0.00639. The van der Waals surface area contributed by atoms with E-state index in [0.29, 0.717) is 22.6 Å². The van der Waals surface area contributed by atoms with Crippen LogP contribution in [0.1, 0.15) is 5.56 Å². The number of fused-ring (bicyclic) bond motifs is 1. The Bertz CT molecular complexity index is 644. The molecule has 0 aromatic heterocycles. The van der Waals surface area contributed by atoms with E-state index in [0.717, 1.165) is 0 Å². The molecule has 5 heteroatoms. The fourth-order valence-corrected chi connectivity index (χ4v) is 1.72. The monoisotopic (exact) mass is 254 g/mol. The Morgan fingerprint density at radius 2 is 2.16 bits per heavy atom. The number of nitriles is 2. The lowest BCUT2D eigenvalue weighted by Crippen LogP contribution is -2.10. The lowest BCUT2D eigenvalue weighted by atomic mass is 10.0. The van der Waals surface area contributed by atoms with Crippen LogP contribution in [0.15, 0.2) is 35.4 Å². The first-order valence-electron chi connectivity index (χ1n) is 5.44. The van der Waals surface area contributed by atoms with E-state index >= 15 is 0 Å². The zero-order valence-corrected chi connectivity index (χ0v) is 10.2. The van der Waals surface area contributed by atoms with Gasteiger partial charge in [-0.2, -0.15) is 10.5 Å². The number of aliphatic hydroxyl groups excluding tert-OH is 1. The van der Waals surface area contributed by atoms with Crippen molar-refractivity contribution in [2.45, 2.75) is 0 Å². The quantitative estimate of drug-likeness (QED) is 0.818. The summed E-state index contributed by atoms with van der Waals surface area (Å²) in [5.41, 5.74) is 0.825. The van der Waals surface area contributed by atoms with Crippen molar-refractivity contribution in [3.63, 3.8) is 0 Å². The second kappa shape index (κ2) is 5.16. The summed E-state index contributed by atoms with van der Waals surface area (Å²) in [6, 6.07) is 8.51. The second-order valence-corrected chi connectivity index (χ2v) is 3.81. The number of benzene rings is 1. The van der Waals surface area contributed by atoms with Crippen LogP contribution in [0.25, 0.3) is 5.76 Å². The lowest BCUT2D eigenvalue weighted by molar-refractivity contribution is 0.333. The Morgan fingerprint density at radius 3 is 2.79 bits per heavy atom. The van der Waals surface area contributed by atoms with Crippen molar-refractivity contribution in [2.24, 2.45) is 0 Å². The van der Waals surface area contributed by atoms with Crippen LogP contribution in [-0.4, -0.2) is 18.8 Å². The molecule has 2 rings (SSSR count). The molecule has 0 fully saturated rings. The molecule has 1 aromatic carbocycles. The average molecular weight is 254 g/mol. The third-order valence-electron chi connectivity index (χ3n) is 2.69. The smallest absolute Gasteiger partial charge is 0.134 e. The SMILES string of the molecule is COc1ccc2c(c1)OCC(C=C(C#N)C#N)=C2O. The lowest BCUT2D eigenvalue weighted by Gasteiger charge is -2.19. The van der Waals surface area contributed by atoms with Gasteiger partial charge in [0.25, 0.3) is 0 Å². The van der Waals surface area contributed by atoms with Crippen LogP contribution in [0.3, 0.4) is 0 Å². The number of rotatable bonds is 2. The molecule has 0 bridgehead atoms. The van der Waals surface area contributed by atoms with Crippen LogP contribution in [0.2, 0.25) is 0 Å². The standard InChI is InChI=1S/C14H10N2O3/c1-18-11-2-3-12-13(5-11)19-8-10(14(12)17)4-9(6-15)7-16/h2-5,17H,8H2,1H3. The van der Waals surface area contributed by atoms with Crippen LogP contribution in [0.5, 0.6) is 11.5 Å². The Hall–Kier alpha value is -2.92. The fourth-order valence-electron chi connectivity index (χ4n) is 1.72. The molecule has 1 aliphatic rings. The van der Waals surface area contributed by atoms with Crippen LogP contribution < -0.4 is 9.47 Å². The van der Waals surface area contributed by atoms with Crippen LogP contribution in [0.4, 0.5) is 0 Å². The number of ether oxygens (including phenoxy) is 2. The summed E-state index contributed by atoms with van der Waals surface area (Å²) in [4.78, 5) is 0. The van der Waals surface area contributed by atoms with E-state index in [9.17, 15) is 5.11 Å². The van der Waals surface area contributed by atoms with Crippen LogP contribution >= 0.6 is 0 Å². The molecule has 0 amide bonds. The number of hydrogen-bond donors (Lipinski definition) is 1. The molecule has 1 aliphatic heterocycles. The molecule has 1 aromatic rings. The largest absolute Gasteiger partial charge is 0.507 e. The summed E-state index contributed by atoms with van der Waals surface area (Å²) in [7, 11) is 1.54. The van der Waals surface area contributed by atoms with E-state index in [1.54, 1.807) is 37.4 Å². The highest BCUT2D eigenvalue weighted by atomic mass is 16.5. The minimum atomic E-state index is -0.0814. The van der Waals surface area contributed by atoms with Crippen molar-refractivity contribution < 1.29 is 14.6 Å². The van der Waals surface area contributed by atoms with Crippen molar-refractivity contribution in [1.29, 1.82) is 10.5 Å². The maximum atomic E-state index is 10.1. The summed E-state index contributed by atoms with van der Waals surface area (Å²) >= 11 is 0. The number of aliphatic hydroxyl groups is 1. The number of allylic oxidation sites excluding steroid dienone is 1. The number of hydrogen-bond acceptors (Lipinski definition) is 5. The molecule has 5 nitrogen and oxygen atoms in total. The van der Waals surface area contributed by atoms with Gasteiger partial charge in [-0.3, -0.25) is 0 Å². The Labute approximate surface area is 110 Å². The van der Waals surface area contributed by atoms with E-state index in [-0.39, 0.29) is 17.9 Å². The van der Waals surface area contributed by atoms with Gasteiger partial charge in [-0.25, -0.2) is 0 Å². The summed E-state index contributed by atoms with van der Waals surface area (Å²) in [6.07, 6.45) is 1.32. The zero-order chi connectivity index (χ0) is 13.8. The van der Waals surface area contributed by atoms with Gasteiger partial charge in [0.15, 0.2) is 0 Å². The van der Waals surface area contributed by atoms with Gasteiger partial charge in [0.1, 0.15) is 41.6 Å². The summed E-state index contributed by atoms with van der Waals surface area (Å²) < 4.78 is 10.5. The normalized spacial score (nSPS) is 12.6. The molecular formula is C14H10N2O3. The first-order chi connectivity index (χ1) is 9.19. The first kappa shape index (κ1) is 12.5. The van der Waals surface area contributed by atoms with Gasteiger partial charge in [0.05, 0.1) is 12.7 Å². The molecule has 0 spiro atoms. The molecular weight excluding hydrogens is 244 g/mol. The molecule has 19 heavy (non-hydrogen) atoms. The van der Waals surface area contributed by atoms with Crippen molar-refractivity contribution in [3.8, 4) is 23.6 Å². The predicted octanol–water partition coefficient (Wildman–Crippen LogP) is 2.33. The van der Waals surface area contributed by atoms with Crippen LogP contribution in [0, 0.1) is 22.7 Å². The molecule has 0 aliphatic carbocycles. The Kier molecular flexibility index (Phi) is 3.40. The van der Waals surface area contributed by atoms with Crippen LogP contribution in [-0.2, 0) is 0 Å². The number of methoxy groups -OCH3 is 1. The van der Waals surface area contributed by atoms with E-state index in [1.165, 1.54) is 6.08 Å². The first-order valence-corrected chi connectivity index (χ1v) is 5.44. The minimum Gasteiger partial charge on any atom is -0.507 e. The predicted molar refractivity (Wildman–Crippen MR) is 67.3 cm³/mol. The van der Waals surface area contributed by atoms with Gasteiger partial charge in [-0.05, 0) is 18.2 Å². The third-order valence-corrected chi connectivity index (χ3v) is 2.69. The summed E-state index contributed by atoms with van der Waals surface area (Å²) in [5.74, 6) is 1.14. The van der Waals surface area contributed by atoms with Gasteiger partial charge in [-0.1, -0.05) is 0 Å². The van der Waals surface area contributed by atoms with Crippen molar-refractivity contribution >= 4 is 5.76 Å². The van der Waals surface area contributed by atoms with E-state index in [4.69, 9.17) is 20.0 Å². The van der Waals surface area contributed by atoms with Gasteiger partial charge < -0.3 is 14.6 Å². The molecule has 1 heterocycles. The molecule has 0 unspecified atom stereocenters. The highest BCUT2D eigenvalue weighted by Gasteiger charge is 2.19. The maximum absolute atomic E-state index is 10.1. The molecule has 0 saturated heterocycles. The third kappa shape index (κ3) is 2.36. The maximum Gasteiger partial charge on any atom is 0.134 e. The van der Waals surface area contributed by atoms with Crippen molar-refractivity contribution in [3.05, 3.63) is 41.0 Å². The Balaban J connectivity index is 2.47. The topological polar surface area (TPSA) is 86.3 Å². The molecule has 0 radical (unpaired) electrons. The van der Waals surface area contributed by atoms with Crippen molar-refractivity contribution in [1.82, 2.24) is 0 Å². The van der Waals surface area contributed by atoms with Gasteiger partial charge in [0, 0.05) is 11.6 Å². The molecule has 94 valence electrons. The van der Waals surface area contributed by atoms with E-state index < -0.39 is 0 Å². The summed E-state index contributed by atoms with van der Waals surface area (Å²) in [6.45, 7) is 0.0961. The average Bonchev–Trinajstić information content (AvgIpc) is 2.46. The zero-order valence-electron chi connectivity index (χ0n) is 10.2. The second-order valence-electron chi connectivity index (χ2n) is 3.81. The van der Waals surface area contributed by atoms with Gasteiger partial charge >= 0.3 is 0 Å².